The van der Waals surface area contributed by atoms with E-state index in [1.165, 1.54) is 11.8 Å². The Kier molecular flexibility index (Phi) is 3.99. The summed E-state index contributed by atoms with van der Waals surface area (Å²) in [5.41, 5.74) is 0.986. The van der Waals surface area contributed by atoms with Gasteiger partial charge in [-0.3, -0.25) is 4.79 Å². The second-order valence-electron chi connectivity index (χ2n) is 3.29. The fraction of sp³-hybridized carbons (Fsp3) is 0. The summed E-state index contributed by atoms with van der Waals surface area (Å²) in [6.07, 6.45) is 3.41. The van der Waals surface area contributed by atoms with E-state index in [9.17, 15) is 4.79 Å². The molecule has 17 heavy (non-hydrogen) atoms. The van der Waals surface area contributed by atoms with Crippen LogP contribution >= 0.6 is 35.6 Å². The van der Waals surface area contributed by atoms with Crippen LogP contribution in [-0.4, -0.2) is 10.2 Å². The number of allylic oxidation sites excluding steroid dienone is 2. The Balaban J connectivity index is 2.19. The van der Waals surface area contributed by atoms with Gasteiger partial charge in [-0.25, -0.2) is 0 Å². The maximum absolute atomic E-state index is 11.4. The van der Waals surface area contributed by atoms with E-state index in [0.717, 1.165) is 5.56 Å². The molecule has 0 bridgehead atoms. The highest BCUT2D eigenvalue weighted by Gasteiger charge is 2.21. The summed E-state index contributed by atoms with van der Waals surface area (Å²) in [4.78, 5) is 11.9. The molecule has 1 fully saturated rings. The second-order valence-corrected chi connectivity index (χ2v) is 5.45. The van der Waals surface area contributed by atoms with E-state index in [2.05, 4.69) is 5.32 Å². The van der Waals surface area contributed by atoms with Gasteiger partial charge in [-0.2, -0.15) is 0 Å². The molecule has 1 aliphatic heterocycles. The van der Waals surface area contributed by atoms with Gasteiger partial charge in [-0.15, -0.1) is 0 Å². The van der Waals surface area contributed by atoms with Gasteiger partial charge in [0, 0.05) is 5.03 Å². The molecule has 2 rings (SSSR count). The minimum absolute atomic E-state index is 0.195. The quantitative estimate of drug-likeness (QED) is 0.666. The van der Waals surface area contributed by atoms with Crippen LogP contribution in [0.2, 0.25) is 0 Å². The van der Waals surface area contributed by atoms with E-state index in [1.807, 2.05) is 30.3 Å². The highest BCUT2D eigenvalue weighted by Crippen LogP contribution is 2.26. The number of carbonyl (C=O) groups excluding carboxylic acids is 1. The van der Waals surface area contributed by atoms with Gasteiger partial charge in [0.05, 0.1) is 4.91 Å². The van der Waals surface area contributed by atoms with Crippen molar-refractivity contribution in [2.24, 2.45) is 0 Å². The molecule has 1 amide bonds. The van der Waals surface area contributed by atoms with Gasteiger partial charge >= 0.3 is 0 Å². The van der Waals surface area contributed by atoms with Crippen molar-refractivity contribution >= 4 is 51.9 Å². The number of nitrogens with one attached hydrogen (secondary N) is 1. The highest BCUT2D eigenvalue weighted by molar-refractivity contribution is 8.26. The third-order valence-electron chi connectivity index (χ3n) is 2.02. The van der Waals surface area contributed by atoms with Gasteiger partial charge < -0.3 is 5.32 Å². The summed E-state index contributed by atoms with van der Waals surface area (Å²) in [5, 5.41) is 3.04. The van der Waals surface area contributed by atoms with Gasteiger partial charge in [-0.05, 0) is 17.7 Å². The first kappa shape index (κ1) is 12.4. The molecular formula is C12H8ClNOS2. The molecular weight excluding hydrogens is 274 g/mol. The average Bonchev–Trinajstić information content (AvgIpc) is 2.58. The van der Waals surface area contributed by atoms with Gasteiger partial charge in [-0.1, -0.05) is 65.9 Å². The number of benzene rings is 1. The Morgan fingerprint density at radius 2 is 2.06 bits per heavy atom. The largest absolute Gasteiger partial charge is 0.307 e. The molecule has 1 aliphatic rings. The van der Waals surface area contributed by atoms with Crippen LogP contribution in [0.3, 0.4) is 0 Å². The SMILES string of the molecule is O=C1NC(=S)S/C1=C/C(Cl)=C\c1ccccc1. The molecule has 1 aromatic rings. The minimum atomic E-state index is -0.195. The first-order chi connectivity index (χ1) is 8.15. The van der Waals surface area contributed by atoms with E-state index in [-0.39, 0.29) is 5.91 Å². The van der Waals surface area contributed by atoms with E-state index in [4.69, 9.17) is 23.8 Å². The number of rotatable bonds is 2. The lowest BCUT2D eigenvalue weighted by atomic mass is 10.2. The summed E-state index contributed by atoms with van der Waals surface area (Å²) in [5.74, 6) is -0.195. The van der Waals surface area contributed by atoms with Crippen molar-refractivity contribution in [3.05, 3.63) is 51.9 Å². The van der Waals surface area contributed by atoms with Crippen LogP contribution in [0.15, 0.2) is 46.3 Å². The van der Waals surface area contributed by atoms with Crippen molar-refractivity contribution in [3.8, 4) is 0 Å². The number of amides is 1. The topological polar surface area (TPSA) is 29.1 Å². The van der Waals surface area contributed by atoms with Crippen LogP contribution in [0.1, 0.15) is 5.56 Å². The summed E-state index contributed by atoms with van der Waals surface area (Å²) in [6.45, 7) is 0. The molecule has 1 aromatic carbocycles. The number of thioether (sulfide) groups is 1. The predicted molar refractivity (Wildman–Crippen MR) is 76.7 cm³/mol. The maximum Gasteiger partial charge on any atom is 0.263 e. The summed E-state index contributed by atoms with van der Waals surface area (Å²) < 4.78 is 0.463. The lowest BCUT2D eigenvalue weighted by Gasteiger charge is -1.94. The molecule has 2 nitrogen and oxygen atoms in total. The fourth-order valence-corrected chi connectivity index (χ4v) is 2.63. The molecule has 0 aliphatic carbocycles. The lowest BCUT2D eigenvalue weighted by molar-refractivity contribution is -0.115. The summed E-state index contributed by atoms with van der Waals surface area (Å²) in [7, 11) is 0. The molecule has 1 saturated heterocycles. The monoisotopic (exact) mass is 281 g/mol. The molecule has 0 aromatic heterocycles. The number of hydrogen-bond donors (Lipinski definition) is 1. The van der Waals surface area contributed by atoms with Crippen molar-refractivity contribution in [1.29, 1.82) is 0 Å². The van der Waals surface area contributed by atoms with Crippen molar-refractivity contribution < 1.29 is 4.79 Å². The van der Waals surface area contributed by atoms with Crippen molar-refractivity contribution in [2.75, 3.05) is 0 Å². The highest BCUT2D eigenvalue weighted by atomic mass is 35.5. The van der Waals surface area contributed by atoms with Crippen molar-refractivity contribution in [3.63, 3.8) is 0 Å². The normalized spacial score (nSPS) is 18.6. The summed E-state index contributed by atoms with van der Waals surface area (Å²) >= 11 is 12.2. The van der Waals surface area contributed by atoms with Gasteiger partial charge in [0.25, 0.3) is 5.91 Å². The van der Waals surface area contributed by atoms with Crippen LogP contribution < -0.4 is 5.32 Å². The third-order valence-corrected chi connectivity index (χ3v) is 3.40. The van der Waals surface area contributed by atoms with Crippen LogP contribution in [0.25, 0.3) is 6.08 Å². The maximum atomic E-state index is 11.4. The zero-order valence-electron chi connectivity index (χ0n) is 8.64. The molecule has 0 saturated carbocycles. The molecule has 1 heterocycles. The Bertz CT molecular complexity index is 523. The lowest BCUT2D eigenvalue weighted by Crippen LogP contribution is -2.17. The molecule has 5 heteroatoms. The number of halogens is 1. The molecule has 1 N–H and O–H groups in total. The zero-order chi connectivity index (χ0) is 12.3. The predicted octanol–water partition coefficient (Wildman–Crippen LogP) is 3.30. The van der Waals surface area contributed by atoms with E-state index in [1.54, 1.807) is 12.2 Å². The molecule has 0 spiro atoms. The Hall–Kier alpha value is -1.10. The molecule has 0 atom stereocenters. The number of carbonyl (C=O) groups is 1. The number of hydrogen-bond acceptors (Lipinski definition) is 3. The number of thiocarbonyl (C=S) groups is 1. The first-order valence-corrected chi connectivity index (χ1v) is 6.42. The minimum Gasteiger partial charge on any atom is -0.307 e. The second kappa shape index (κ2) is 5.49. The fourth-order valence-electron chi connectivity index (χ4n) is 1.30. The smallest absolute Gasteiger partial charge is 0.263 e. The Morgan fingerprint density at radius 1 is 1.35 bits per heavy atom. The van der Waals surface area contributed by atoms with Crippen LogP contribution in [-0.2, 0) is 4.79 Å². The van der Waals surface area contributed by atoms with Crippen LogP contribution in [0.4, 0.5) is 0 Å². The van der Waals surface area contributed by atoms with Gasteiger partial charge in [0.1, 0.15) is 4.32 Å². The van der Waals surface area contributed by atoms with Crippen molar-refractivity contribution in [2.45, 2.75) is 0 Å². The molecule has 0 radical (unpaired) electrons. The van der Waals surface area contributed by atoms with E-state index in [0.29, 0.717) is 14.3 Å². The van der Waals surface area contributed by atoms with Crippen LogP contribution in [0.5, 0.6) is 0 Å². The molecule has 0 unspecified atom stereocenters. The Labute approximate surface area is 114 Å². The van der Waals surface area contributed by atoms with Crippen molar-refractivity contribution in [1.82, 2.24) is 5.32 Å². The van der Waals surface area contributed by atoms with Gasteiger partial charge in [0.15, 0.2) is 0 Å². The van der Waals surface area contributed by atoms with Crippen LogP contribution in [0, 0.1) is 0 Å². The van der Waals surface area contributed by atoms with E-state index < -0.39 is 0 Å². The first-order valence-electron chi connectivity index (χ1n) is 4.82. The van der Waals surface area contributed by atoms with Gasteiger partial charge in [0.2, 0.25) is 0 Å². The Morgan fingerprint density at radius 3 is 2.65 bits per heavy atom. The molecule has 86 valence electrons. The third kappa shape index (κ3) is 3.43. The average molecular weight is 282 g/mol. The summed E-state index contributed by atoms with van der Waals surface area (Å²) in [6, 6.07) is 9.66. The zero-order valence-corrected chi connectivity index (χ0v) is 11.0. The van der Waals surface area contributed by atoms with E-state index >= 15 is 0 Å². The standard InChI is InChI=1S/C12H8ClNOS2/c13-9(6-8-4-2-1-3-5-8)7-10-11(15)14-12(16)17-10/h1-7H,(H,14,15,16)/b9-6+,10-7+.